The molecule has 12 nitrogen and oxygen atoms in total. The maximum Gasteiger partial charge on any atom is 0.332 e. The van der Waals surface area contributed by atoms with Crippen molar-refractivity contribution < 1.29 is 18.7 Å². The molecule has 38 heavy (non-hydrogen) atoms. The van der Waals surface area contributed by atoms with E-state index >= 15 is 0 Å². The third kappa shape index (κ3) is 3.89. The second-order valence-electron chi connectivity index (χ2n) is 8.61. The lowest BCUT2D eigenvalue weighted by Crippen LogP contribution is -2.37. The van der Waals surface area contributed by atoms with Crippen LogP contribution in [0.4, 0.5) is 10.1 Å². The summed E-state index contributed by atoms with van der Waals surface area (Å²) in [6.45, 7) is 0.319. The lowest BCUT2D eigenvalue weighted by atomic mass is 10.2. The number of carbonyl (C=O) groups excluding carboxylic acids is 1. The molecule has 0 unspecified atom stereocenters. The van der Waals surface area contributed by atoms with Gasteiger partial charge in [-0.1, -0.05) is 23.9 Å². The predicted octanol–water partition coefficient (Wildman–Crippen LogP) is 1.73. The summed E-state index contributed by atoms with van der Waals surface area (Å²) < 4.78 is 29.7. The number of carbonyl (C=O) groups is 1. The Morgan fingerprint density at radius 2 is 1.82 bits per heavy atom. The number of aromatic nitrogens is 6. The molecule has 0 spiro atoms. The summed E-state index contributed by atoms with van der Waals surface area (Å²) in [6, 6.07) is 11.0. The third-order valence-electron chi connectivity index (χ3n) is 6.19. The Labute approximate surface area is 217 Å². The minimum absolute atomic E-state index is 0.0152. The van der Waals surface area contributed by atoms with Crippen LogP contribution in [0.2, 0.25) is 0 Å². The highest BCUT2D eigenvalue weighted by Crippen LogP contribution is 2.34. The number of aryl methyl sites for hydroxylation is 1. The SMILES string of the molecule is Cn1c(=O)c2c(n(C)c1=O)n1c(SCC(=O)Nc3ccc4c(c3)OCO4)nnc1n2Cc1ccc(F)cc1. The first kappa shape index (κ1) is 23.8. The smallest absolute Gasteiger partial charge is 0.332 e. The van der Waals surface area contributed by atoms with E-state index in [2.05, 4.69) is 15.5 Å². The number of ether oxygens (including phenoxy) is 2. The van der Waals surface area contributed by atoms with Crippen molar-refractivity contribution in [3.8, 4) is 11.5 Å². The molecule has 5 aromatic rings. The van der Waals surface area contributed by atoms with Gasteiger partial charge < -0.3 is 14.8 Å². The number of fused-ring (bicyclic) bond motifs is 4. The topological polar surface area (TPSA) is 127 Å². The first-order chi connectivity index (χ1) is 18.3. The van der Waals surface area contributed by atoms with Crippen molar-refractivity contribution in [1.82, 2.24) is 28.3 Å². The first-order valence-electron chi connectivity index (χ1n) is 11.4. The number of imidazole rings is 1. The number of nitrogens with one attached hydrogen (secondary N) is 1. The fourth-order valence-corrected chi connectivity index (χ4v) is 5.08. The number of rotatable bonds is 6. The van der Waals surface area contributed by atoms with Crippen LogP contribution in [-0.2, 0) is 25.4 Å². The van der Waals surface area contributed by atoms with Crippen LogP contribution in [0.3, 0.4) is 0 Å². The van der Waals surface area contributed by atoms with Crippen LogP contribution >= 0.6 is 11.8 Å². The number of hydrogen-bond acceptors (Lipinski definition) is 8. The zero-order chi connectivity index (χ0) is 26.6. The van der Waals surface area contributed by atoms with Gasteiger partial charge in [0, 0.05) is 25.8 Å². The molecule has 0 aliphatic carbocycles. The minimum Gasteiger partial charge on any atom is -0.454 e. The van der Waals surface area contributed by atoms with Crippen molar-refractivity contribution in [3.63, 3.8) is 0 Å². The van der Waals surface area contributed by atoms with Gasteiger partial charge in [-0.2, -0.15) is 0 Å². The lowest BCUT2D eigenvalue weighted by Gasteiger charge is -2.08. The van der Waals surface area contributed by atoms with E-state index in [0.29, 0.717) is 33.8 Å². The van der Waals surface area contributed by atoms with Gasteiger partial charge in [-0.3, -0.25) is 23.3 Å². The summed E-state index contributed by atoms with van der Waals surface area (Å²) in [5, 5.41) is 11.6. The molecule has 1 amide bonds. The summed E-state index contributed by atoms with van der Waals surface area (Å²) in [7, 11) is 2.95. The summed E-state index contributed by atoms with van der Waals surface area (Å²) in [5.74, 6) is 0.767. The Morgan fingerprint density at radius 1 is 1.05 bits per heavy atom. The fourth-order valence-electron chi connectivity index (χ4n) is 4.35. The van der Waals surface area contributed by atoms with Crippen molar-refractivity contribution in [2.45, 2.75) is 11.7 Å². The van der Waals surface area contributed by atoms with Gasteiger partial charge in [0.1, 0.15) is 5.82 Å². The van der Waals surface area contributed by atoms with Gasteiger partial charge in [0.25, 0.3) is 5.56 Å². The Balaban J connectivity index is 1.36. The van der Waals surface area contributed by atoms with Gasteiger partial charge >= 0.3 is 5.69 Å². The molecule has 0 saturated heterocycles. The molecule has 3 aromatic heterocycles. The maximum atomic E-state index is 13.5. The van der Waals surface area contributed by atoms with E-state index in [0.717, 1.165) is 21.9 Å². The van der Waals surface area contributed by atoms with Crippen molar-refractivity contribution in [2.75, 3.05) is 17.9 Å². The highest BCUT2D eigenvalue weighted by atomic mass is 32.2. The van der Waals surface area contributed by atoms with E-state index in [1.165, 1.54) is 23.7 Å². The summed E-state index contributed by atoms with van der Waals surface area (Å²) >= 11 is 1.10. The molecule has 14 heteroatoms. The fraction of sp³-hybridized carbons (Fsp3) is 0.208. The molecule has 0 fully saturated rings. The standard InChI is InChI=1S/C24H20FN7O5S/c1-29-20-19(21(34)30(2)24(29)35)31(10-13-3-5-14(25)6-4-13)22-27-28-23(32(20)22)38-11-18(33)26-15-7-8-16-17(9-15)37-12-36-16/h3-9H,10-12H2,1-2H3,(H,26,33). The molecular weight excluding hydrogens is 517 g/mol. The van der Waals surface area contributed by atoms with Crippen LogP contribution in [0.1, 0.15) is 5.56 Å². The number of benzene rings is 2. The first-order valence-corrected chi connectivity index (χ1v) is 12.4. The molecule has 4 heterocycles. The molecule has 0 radical (unpaired) electrons. The van der Waals surface area contributed by atoms with Gasteiger partial charge in [-0.15, -0.1) is 10.2 Å². The molecule has 194 valence electrons. The van der Waals surface area contributed by atoms with Gasteiger partial charge in [-0.25, -0.2) is 13.6 Å². The lowest BCUT2D eigenvalue weighted by molar-refractivity contribution is -0.113. The minimum atomic E-state index is -0.520. The number of amides is 1. The van der Waals surface area contributed by atoms with Gasteiger partial charge in [0.2, 0.25) is 18.5 Å². The zero-order valence-electron chi connectivity index (χ0n) is 20.2. The summed E-state index contributed by atoms with van der Waals surface area (Å²) in [6.07, 6.45) is 0. The van der Waals surface area contributed by atoms with E-state index in [1.807, 2.05) is 0 Å². The van der Waals surface area contributed by atoms with Crippen LogP contribution in [0.25, 0.3) is 16.9 Å². The molecule has 0 bridgehead atoms. The van der Waals surface area contributed by atoms with Crippen LogP contribution in [-0.4, -0.2) is 46.8 Å². The Hall–Kier alpha value is -4.59. The van der Waals surface area contributed by atoms with Crippen molar-refractivity contribution in [3.05, 3.63) is 74.7 Å². The molecule has 6 rings (SSSR count). The second-order valence-corrected chi connectivity index (χ2v) is 9.56. The molecular formula is C24H20FN7O5S. The molecule has 2 aromatic carbocycles. The van der Waals surface area contributed by atoms with E-state index in [9.17, 15) is 18.8 Å². The largest absolute Gasteiger partial charge is 0.454 e. The Kier molecular flexibility index (Phi) is 5.67. The normalized spacial score (nSPS) is 12.5. The second kappa shape index (κ2) is 9.06. The van der Waals surface area contributed by atoms with E-state index in [-0.39, 0.29) is 36.3 Å². The van der Waals surface area contributed by atoms with E-state index < -0.39 is 11.2 Å². The molecule has 0 atom stereocenters. The van der Waals surface area contributed by atoms with Crippen LogP contribution in [0.15, 0.2) is 57.2 Å². The maximum absolute atomic E-state index is 13.5. The monoisotopic (exact) mass is 537 g/mol. The summed E-state index contributed by atoms with van der Waals surface area (Å²) in [5.41, 5.74) is 0.769. The molecule has 1 N–H and O–H groups in total. The number of thioether (sulfide) groups is 1. The molecule has 0 saturated carbocycles. The van der Waals surface area contributed by atoms with Gasteiger partial charge in [0.05, 0.1) is 12.3 Å². The van der Waals surface area contributed by atoms with E-state index in [4.69, 9.17) is 9.47 Å². The van der Waals surface area contributed by atoms with Crippen molar-refractivity contribution in [1.29, 1.82) is 0 Å². The number of nitrogens with zero attached hydrogens (tertiary/aromatic N) is 6. The number of hydrogen-bond donors (Lipinski definition) is 1. The number of anilines is 1. The average Bonchev–Trinajstić information content (AvgIpc) is 3.62. The van der Waals surface area contributed by atoms with Crippen LogP contribution in [0, 0.1) is 5.82 Å². The molecule has 1 aliphatic heterocycles. The van der Waals surface area contributed by atoms with Crippen LogP contribution in [0.5, 0.6) is 11.5 Å². The third-order valence-corrected chi connectivity index (χ3v) is 7.12. The number of halogens is 1. The van der Waals surface area contributed by atoms with E-state index in [1.54, 1.807) is 46.3 Å². The highest BCUT2D eigenvalue weighted by molar-refractivity contribution is 7.99. The molecule has 1 aliphatic rings. The van der Waals surface area contributed by atoms with Gasteiger partial charge in [-0.05, 0) is 29.8 Å². The summed E-state index contributed by atoms with van der Waals surface area (Å²) in [4.78, 5) is 38.7. The zero-order valence-corrected chi connectivity index (χ0v) is 21.0. The highest BCUT2D eigenvalue weighted by Gasteiger charge is 2.24. The Bertz CT molecular complexity index is 1860. The average molecular weight is 538 g/mol. The van der Waals surface area contributed by atoms with Crippen molar-refractivity contribution >= 4 is 40.3 Å². The van der Waals surface area contributed by atoms with Gasteiger partial charge in [0.15, 0.2) is 27.8 Å². The van der Waals surface area contributed by atoms with Crippen LogP contribution < -0.4 is 26.0 Å². The Morgan fingerprint density at radius 3 is 2.61 bits per heavy atom. The predicted molar refractivity (Wildman–Crippen MR) is 136 cm³/mol. The van der Waals surface area contributed by atoms with Crippen molar-refractivity contribution in [2.24, 2.45) is 14.1 Å². The quantitative estimate of drug-likeness (QED) is 0.325.